The Bertz CT molecular complexity index is 958. The van der Waals surface area contributed by atoms with Crippen molar-refractivity contribution >= 4 is 39.1 Å². The molecule has 4 nitrogen and oxygen atoms in total. The lowest BCUT2D eigenvalue weighted by Gasteiger charge is -2.13. The third kappa shape index (κ3) is 3.76. The molecule has 9 heteroatoms. The highest BCUT2D eigenvalue weighted by Crippen LogP contribution is 2.34. The molecule has 2 aromatic carbocycles. The number of hydrogen-bond donors (Lipinski definition) is 1. The highest BCUT2D eigenvalue weighted by atomic mass is 79.9. The average Bonchev–Trinajstić information content (AvgIpc) is 3.04. The van der Waals surface area contributed by atoms with Gasteiger partial charge in [0, 0.05) is 4.47 Å². The molecule has 0 radical (unpaired) electrons. The van der Waals surface area contributed by atoms with E-state index in [0.717, 1.165) is 6.20 Å². The molecule has 0 aliphatic carbocycles. The predicted octanol–water partition coefficient (Wildman–Crippen LogP) is 5.56. The number of anilines is 1. The molecule has 0 saturated heterocycles. The molecule has 3 aromatic rings. The van der Waals surface area contributed by atoms with Crippen LogP contribution in [0.2, 0.25) is 5.02 Å². The van der Waals surface area contributed by atoms with Gasteiger partial charge in [-0.05, 0) is 30.3 Å². The second kappa shape index (κ2) is 7.13. The van der Waals surface area contributed by atoms with Crippen molar-refractivity contribution in [3.05, 3.63) is 75.5 Å². The Hall–Kier alpha value is -2.32. The Morgan fingerprint density at radius 2 is 1.85 bits per heavy atom. The topological polar surface area (TPSA) is 46.9 Å². The SMILES string of the molecule is O=C(Nc1ccc(Br)cc1Cl)c1cnn(-c2ccccc2)c1C(F)(F)F. The number of amides is 1. The number of nitrogens with one attached hydrogen (secondary N) is 1. The zero-order valence-corrected chi connectivity index (χ0v) is 15.2. The molecule has 0 aliphatic rings. The number of alkyl halides is 3. The van der Waals surface area contributed by atoms with Gasteiger partial charge in [-0.25, -0.2) is 4.68 Å². The number of carbonyl (C=O) groups is 1. The molecule has 0 aliphatic heterocycles. The lowest BCUT2D eigenvalue weighted by Crippen LogP contribution is -2.20. The van der Waals surface area contributed by atoms with Crippen LogP contribution in [0.3, 0.4) is 0 Å². The normalized spacial score (nSPS) is 11.4. The van der Waals surface area contributed by atoms with E-state index in [0.29, 0.717) is 9.15 Å². The second-order valence-corrected chi connectivity index (χ2v) is 6.55. The minimum absolute atomic E-state index is 0.191. The predicted molar refractivity (Wildman–Crippen MR) is 95.7 cm³/mol. The minimum atomic E-state index is -4.78. The van der Waals surface area contributed by atoms with Crippen LogP contribution >= 0.6 is 27.5 Å². The number of benzene rings is 2. The fraction of sp³-hybridized carbons (Fsp3) is 0.0588. The van der Waals surface area contributed by atoms with E-state index in [1.807, 2.05) is 0 Å². The molecule has 1 heterocycles. The molecule has 26 heavy (non-hydrogen) atoms. The van der Waals surface area contributed by atoms with Crippen molar-refractivity contribution in [1.82, 2.24) is 9.78 Å². The Morgan fingerprint density at radius 1 is 1.15 bits per heavy atom. The van der Waals surface area contributed by atoms with Gasteiger partial charge in [0.05, 0.1) is 28.2 Å². The van der Waals surface area contributed by atoms with Gasteiger partial charge in [0.25, 0.3) is 5.91 Å². The first-order chi connectivity index (χ1) is 12.3. The summed E-state index contributed by atoms with van der Waals surface area (Å²) in [7, 11) is 0. The molecule has 134 valence electrons. The molecule has 0 unspecified atom stereocenters. The molecule has 1 amide bonds. The standard InChI is InChI=1S/C17H10BrClF3N3O/c18-10-6-7-14(13(19)8-10)24-16(26)12-9-23-25(15(12)17(20,21)22)11-4-2-1-3-5-11/h1-9H,(H,24,26). The molecular weight excluding hydrogens is 435 g/mol. The highest BCUT2D eigenvalue weighted by molar-refractivity contribution is 9.10. The van der Waals surface area contributed by atoms with Gasteiger partial charge >= 0.3 is 6.18 Å². The summed E-state index contributed by atoms with van der Waals surface area (Å²) in [4.78, 5) is 12.4. The minimum Gasteiger partial charge on any atom is -0.321 e. The first kappa shape index (κ1) is 18.5. The van der Waals surface area contributed by atoms with Gasteiger partial charge in [0.15, 0.2) is 5.69 Å². The fourth-order valence-corrected chi connectivity index (χ4v) is 3.05. The Balaban J connectivity index is 2.02. The summed E-state index contributed by atoms with van der Waals surface area (Å²) in [5.41, 5.74) is -1.37. The highest BCUT2D eigenvalue weighted by Gasteiger charge is 2.40. The number of aromatic nitrogens is 2. The number of rotatable bonds is 3. The van der Waals surface area contributed by atoms with Crippen molar-refractivity contribution in [2.75, 3.05) is 5.32 Å². The van der Waals surface area contributed by atoms with E-state index in [1.165, 1.54) is 24.3 Å². The second-order valence-electron chi connectivity index (χ2n) is 5.23. The molecule has 1 N–H and O–H groups in total. The van der Waals surface area contributed by atoms with Gasteiger partial charge in [-0.15, -0.1) is 0 Å². The maximum absolute atomic E-state index is 13.6. The van der Waals surface area contributed by atoms with E-state index >= 15 is 0 Å². The number of nitrogens with zero attached hydrogens (tertiary/aromatic N) is 2. The smallest absolute Gasteiger partial charge is 0.321 e. The molecule has 0 saturated carbocycles. The first-order valence-electron chi connectivity index (χ1n) is 7.24. The van der Waals surface area contributed by atoms with Crippen LogP contribution in [0.1, 0.15) is 16.1 Å². The van der Waals surface area contributed by atoms with Crippen LogP contribution < -0.4 is 5.32 Å². The van der Waals surface area contributed by atoms with E-state index < -0.39 is 23.3 Å². The lowest BCUT2D eigenvalue weighted by atomic mass is 10.2. The molecule has 1 aromatic heterocycles. The molecular formula is C17H10BrClF3N3O. The van der Waals surface area contributed by atoms with E-state index in [4.69, 9.17) is 11.6 Å². The van der Waals surface area contributed by atoms with Crippen molar-refractivity contribution in [2.45, 2.75) is 6.18 Å². The van der Waals surface area contributed by atoms with Crippen LogP contribution in [0.4, 0.5) is 18.9 Å². The summed E-state index contributed by atoms with van der Waals surface area (Å²) < 4.78 is 42.1. The van der Waals surface area contributed by atoms with Crippen LogP contribution in [0.15, 0.2) is 59.2 Å². The number of hydrogen-bond acceptors (Lipinski definition) is 2. The van der Waals surface area contributed by atoms with Gasteiger partial charge in [0.2, 0.25) is 0 Å². The summed E-state index contributed by atoms with van der Waals surface area (Å²) in [6.07, 6.45) is -3.89. The van der Waals surface area contributed by atoms with Gasteiger partial charge in [0.1, 0.15) is 0 Å². The Labute approximate surface area is 159 Å². The van der Waals surface area contributed by atoms with Crippen LogP contribution in [-0.4, -0.2) is 15.7 Å². The summed E-state index contributed by atoms with van der Waals surface area (Å²) in [6.45, 7) is 0. The molecule has 0 bridgehead atoms. The van der Waals surface area contributed by atoms with E-state index in [1.54, 1.807) is 24.3 Å². The van der Waals surface area contributed by atoms with E-state index in [2.05, 4.69) is 26.3 Å². The van der Waals surface area contributed by atoms with Crippen molar-refractivity contribution < 1.29 is 18.0 Å². The van der Waals surface area contributed by atoms with E-state index in [-0.39, 0.29) is 16.4 Å². The zero-order chi connectivity index (χ0) is 18.9. The van der Waals surface area contributed by atoms with Crippen molar-refractivity contribution in [2.24, 2.45) is 0 Å². The Morgan fingerprint density at radius 3 is 2.46 bits per heavy atom. The largest absolute Gasteiger partial charge is 0.434 e. The molecule has 0 atom stereocenters. The van der Waals surface area contributed by atoms with E-state index in [9.17, 15) is 18.0 Å². The maximum Gasteiger partial charge on any atom is 0.434 e. The van der Waals surface area contributed by atoms with Gasteiger partial charge in [-0.2, -0.15) is 18.3 Å². The Kier molecular flexibility index (Phi) is 5.06. The maximum atomic E-state index is 13.6. The monoisotopic (exact) mass is 443 g/mol. The van der Waals surface area contributed by atoms with Crippen LogP contribution in [0, 0.1) is 0 Å². The zero-order valence-electron chi connectivity index (χ0n) is 12.9. The third-order valence-electron chi connectivity index (χ3n) is 3.46. The summed E-state index contributed by atoms with van der Waals surface area (Å²) in [5.74, 6) is -0.955. The van der Waals surface area contributed by atoms with Crippen LogP contribution in [0.5, 0.6) is 0 Å². The lowest BCUT2D eigenvalue weighted by molar-refractivity contribution is -0.143. The third-order valence-corrected chi connectivity index (χ3v) is 4.27. The molecule has 3 rings (SSSR count). The average molecular weight is 445 g/mol. The molecule has 0 spiro atoms. The summed E-state index contributed by atoms with van der Waals surface area (Å²) in [6, 6.07) is 12.4. The quantitative estimate of drug-likeness (QED) is 0.575. The van der Waals surface area contributed by atoms with Gasteiger partial charge < -0.3 is 5.32 Å². The van der Waals surface area contributed by atoms with Gasteiger partial charge in [-0.1, -0.05) is 45.7 Å². The van der Waals surface area contributed by atoms with Crippen molar-refractivity contribution in [3.8, 4) is 5.69 Å². The van der Waals surface area contributed by atoms with Crippen LogP contribution in [0.25, 0.3) is 5.69 Å². The number of carbonyl (C=O) groups excluding carboxylic acids is 1. The fourth-order valence-electron chi connectivity index (χ4n) is 2.33. The van der Waals surface area contributed by atoms with Crippen molar-refractivity contribution in [3.63, 3.8) is 0 Å². The summed E-state index contributed by atoms with van der Waals surface area (Å²) >= 11 is 9.22. The first-order valence-corrected chi connectivity index (χ1v) is 8.41. The van der Waals surface area contributed by atoms with Crippen molar-refractivity contribution in [1.29, 1.82) is 0 Å². The van der Waals surface area contributed by atoms with Crippen LogP contribution in [-0.2, 0) is 6.18 Å². The number of halogens is 5. The number of para-hydroxylation sites is 1. The molecule has 0 fully saturated rings. The van der Waals surface area contributed by atoms with Gasteiger partial charge in [-0.3, -0.25) is 4.79 Å². The summed E-state index contributed by atoms with van der Waals surface area (Å²) in [5, 5.41) is 6.32.